The van der Waals surface area contributed by atoms with Crippen molar-refractivity contribution in [3.8, 4) is 17.6 Å². The van der Waals surface area contributed by atoms with E-state index in [1.165, 1.54) is 6.08 Å². The molecule has 212 valence electrons. The van der Waals surface area contributed by atoms with Crippen LogP contribution in [0.5, 0.6) is 11.5 Å². The summed E-state index contributed by atoms with van der Waals surface area (Å²) in [5, 5.41) is 21.1. The summed E-state index contributed by atoms with van der Waals surface area (Å²) in [4.78, 5) is 25.1. The molecule has 5 rings (SSSR count). The van der Waals surface area contributed by atoms with Gasteiger partial charge in [0.2, 0.25) is 0 Å². The van der Waals surface area contributed by atoms with Crippen LogP contribution in [-0.4, -0.2) is 64.9 Å². The molecule has 1 fully saturated rings. The van der Waals surface area contributed by atoms with Gasteiger partial charge in [0.25, 0.3) is 5.91 Å². The van der Waals surface area contributed by atoms with Crippen molar-refractivity contribution in [1.82, 2.24) is 14.8 Å². The molecule has 1 aliphatic heterocycles. The number of nitrogens with one attached hydrogen (secondary N) is 1. The number of nitrogens with zero attached hydrogens (tertiary/aromatic N) is 4. The van der Waals surface area contributed by atoms with E-state index >= 15 is 0 Å². The topological polar surface area (TPSA) is 131 Å². The standard InChI is InChI=1S/C33H32N6O3/c1-4-25(32(35)37-28-12-11-24(17-21(28)2)42-23-8-5-7-22(18-23)20-34)31(40)30-19-27-26(9-6-10-29(27)36-30)33(41)39-15-13-38(3)14-16-39/h4-12,17-19,36,40H,1,13-16H2,2-3H3,(H2,35,37). The maximum atomic E-state index is 13.3. The first-order valence-corrected chi connectivity index (χ1v) is 13.6. The number of piperazine rings is 1. The van der Waals surface area contributed by atoms with Gasteiger partial charge in [-0.05, 0) is 74.1 Å². The van der Waals surface area contributed by atoms with E-state index < -0.39 is 0 Å². The number of H-pyrrole nitrogens is 1. The third kappa shape index (κ3) is 5.89. The normalized spacial score (nSPS) is 14.8. The van der Waals surface area contributed by atoms with Crippen molar-refractivity contribution >= 4 is 34.1 Å². The molecular weight excluding hydrogens is 528 g/mol. The summed E-state index contributed by atoms with van der Waals surface area (Å²) >= 11 is 0. The van der Waals surface area contributed by atoms with Crippen LogP contribution in [0, 0.1) is 18.3 Å². The van der Waals surface area contributed by atoms with Crippen LogP contribution in [-0.2, 0) is 0 Å². The molecule has 1 aromatic heterocycles. The van der Waals surface area contributed by atoms with Crippen LogP contribution < -0.4 is 10.5 Å². The number of carbonyl (C=O) groups excluding carboxylic acids is 1. The quantitative estimate of drug-likeness (QED) is 0.116. The molecule has 2 heterocycles. The number of fused-ring (bicyclic) bond motifs is 1. The third-order valence-electron chi connectivity index (χ3n) is 7.28. The van der Waals surface area contributed by atoms with E-state index in [9.17, 15) is 9.90 Å². The SMILES string of the molecule is C=CC(C(N)=Nc1ccc(Oc2cccc(C#N)c2)cc1C)=C(O)c1cc2c(C(=O)N3CCN(C)CC3)cccc2[nH]1. The van der Waals surface area contributed by atoms with Crippen molar-refractivity contribution in [2.45, 2.75) is 6.92 Å². The van der Waals surface area contributed by atoms with Crippen LogP contribution in [0.2, 0.25) is 0 Å². The predicted octanol–water partition coefficient (Wildman–Crippen LogP) is 5.67. The average Bonchev–Trinajstić information content (AvgIpc) is 3.44. The smallest absolute Gasteiger partial charge is 0.254 e. The first-order valence-electron chi connectivity index (χ1n) is 13.6. The molecule has 0 aliphatic carbocycles. The van der Waals surface area contributed by atoms with Crippen LogP contribution in [0.3, 0.4) is 0 Å². The summed E-state index contributed by atoms with van der Waals surface area (Å²) in [5.74, 6) is 1.05. The minimum Gasteiger partial charge on any atom is -0.505 e. The maximum absolute atomic E-state index is 13.3. The van der Waals surface area contributed by atoms with Crippen molar-refractivity contribution in [2.75, 3.05) is 33.2 Å². The molecule has 0 unspecified atom stereocenters. The number of amidine groups is 1. The second kappa shape index (κ2) is 12.0. The Morgan fingerprint density at radius 2 is 1.83 bits per heavy atom. The highest BCUT2D eigenvalue weighted by atomic mass is 16.5. The largest absolute Gasteiger partial charge is 0.505 e. The molecule has 1 saturated heterocycles. The Morgan fingerprint density at radius 1 is 1.10 bits per heavy atom. The molecule has 42 heavy (non-hydrogen) atoms. The monoisotopic (exact) mass is 560 g/mol. The number of aliphatic hydroxyl groups excluding tert-OH is 1. The number of amides is 1. The lowest BCUT2D eigenvalue weighted by Crippen LogP contribution is -2.47. The molecule has 1 amide bonds. The number of carbonyl (C=O) groups is 1. The van der Waals surface area contributed by atoms with Crippen LogP contribution in [0.4, 0.5) is 5.69 Å². The fraction of sp³-hybridized carbons (Fsp3) is 0.182. The third-order valence-corrected chi connectivity index (χ3v) is 7.28. The Hall–Kier alpha value is -5.33. The van der Waals surface area contributed by atoms with E-state index in [0.29, 0.717) is 52.5 Å². The van der Waals surface area contributed by atoms with Gasteiger partial charge in [-0.1, -0.05) is 24.8 Å². The lowest BCUT2D eigenvalue weighted by molar-refractivity contribution is 0.0666. The highest BCUT2D eigenvalue weighted by molar-refractivity contribution is 6.09. The van der Waals surface area contributed by atoms with Gasteiger partial charge in [-0.2, -0.15) is 5.26 Å². The summed E-state index contributed by atoms with van der Waals surface area (Å²) in [7, 11) is 2.05. The number of ether oxygens (including phenoxy) is 1. The molecular formula is C33H32N6O3. The Kier molecular flexibility index (Phi) is 8.09. The van der Waals surface area contributed by atoms with Crippen LogP contribution in [0.1, 0.15) is 27.2 Å². The van der Waals surface area contributed by atoms with Gasteiger partial charge in [0.05, 0.1) is 28.6 Å². The van der Waals surface area contributed by atoms with Crippen molar-refractivity contribution in [3.05, 3.63) is 107 Å². The van der Waals surface area contributed by atoms with E-state index in [4.69, 9.17) is 15.7 Å². The van der Waals surface area contributed by atoms with Gasteiger partial charge in [-0.15, -0.1) is 0 Å². The second-order valence-electron chi connectivity index (χ2n) is 10.2. The lowest BCUT2D eigenvalue weighted by atomic mass is 10.1. The van der Waals surface area contributed by atoms with Gasteiger partial charge < -0.3 is 30.4 Å². The first kappa shape index (κ1) is 28.2. The summed E-state index contributed by atoms with van der Waals surface area (Å²) in [6.07, 6.45) is 1.45. The van der Waals surface area contributed by atoms with Crippen molar-refractivity contribution in [3.63, 3.8) is 0 Å². The summed E-state index contributed by atoms with van der Waals surface area (Å²) < 4.78 is 5.90. The second-order valence-corrected chi connectivity index (χ2v) is 10.2. The number of likely N-dealkylation sites (N-methyl/N-ethyl adjacent to an activating group) is 1. The average molecular weight is 561 g/mol. The Bertz CT molecular complexity index is 1770. The zero-order chi connectivity index (χ0) is 29.8. The lowest BCUT2D eigenvalue weighted by Gasteiger charge is -2.32. The highest BCUT2D eigenvalue weighted by Crippen LogP contribution is 2.30. The van der Waals surface area contributed by atoms with E-state index in [-0.39, 0.29) is 23.1 Å². The number of aryl methyl sites for hydroxylation is 1. The van der Waals surface area contributed by atoms with Gasteiger partial charge in [0.1, 0.15) is 23.1 Å². The first-order chi connectivity index (χ1) is 20.3. The molecule has 1 aliphatic rings. The van der Waals surface area contributed by atoms with E-state index in [2.05, 4.69) is 27.5 Å². The minimum absolute atomic E-state index is 0.0339. The minimum atomic E-state index is -0.129. The predicted molar refractivity (Wildman–Crippen MR) is 165 cm³/mol. The molecule has 0 spiro atoms. The molecule has 9 heteroatoms. The zero-order valence-electron chi connectivity index (χ0n) is 23.6. The van der Waals surface area contributed by atoms with Gasteiger partial charge in [-0.25, -0.2) is 4.99 Å². The van der Waals surface area contributed by atoms with E-state index in [1.807, 2.05) is 43.1 Å². The summed E-state index contributed by atoms with van der Waals surface area (Å²) in [6, 6.07) is 21.6. The molecule has 9 nitrogen and oxygen atoms in total. The molecule has 0 atom stereocenters. The summed E-state index contributed by atoms with van der Waals surface area (Å²) in [5.41, 5.74) is 10.2. The number of aliphatic hydroxyl groups is 1. The summed E-state index contributed by atoms with van der Waals surface area (Å²) in [6.45, 7) is 8.71. The number of nitrogens with two attached hydrogens (primary N) is 1. The fourth-order valence-corrected chi connectivity index (χ4v) is 4.89. The van der Waals surface area contributed by atoms with E-state index in [0.717, 1.165) is 24.2 Å². The molecule has 4 N–H and O–H groups in total. The Labute approximate surface area is 244 Å². The van der Waals surface area contributed by atoms with Crippen LogP contribution in [0.25, 0.3) is 16.7 Å². The number of aliphatic imine (C=N–C) groups is 1. The number of hydrogen-bond donors (Lipinski definition) is 3. The van der Waals surface area contributed by atoms with Gasteiger partial charge >= 0.3 is 0 Å². The number of benzene rings is 3. The number of aromatic nitrogens is 1. The number of aromatic amines is 1. The van der Waals surface area contributed by atoms with Crippen LogP contribution in [0.15, 0.2) is 90.0 Å². The van der Waals surface area contributed by atoms with Gasteiger partial charge in [-0.3, -0.25) is 4.79 Å². The molecule has 3 aromatic carbocycles. The Morgan fingerprint density at radius 3 is 2.55 bits per heavy atom. The number of nitriles is 1. The van der Waals surface area contributed by atoms with Crippen molar-refractivity contribution < 1.29 is 14.6 Å². The highest BCUT2D eigenvalue weighted by Gasteiger charge is 2.23. The van der Waals surface area contributed by atoms with Crippen LogP contribution >= 0.6 is 0 Å². The van der Waals surface area contributed by atoms with Crippen molar-refractivity contribution in [1.29, 1.82) is 5.26 Å². The van der Waals surface area contributed by atoms with Crippen molar-refractivity contribution in [2.24, 2.45) is 10.7 Å². The van der Waals surface area contributed by atoms with Gasteiger partial charge in [0.15, 0.2) is 0 Å². The fourth-order valence-electron chi connectivity index (χ4n) is 4.89. The molecule has 0 saturated carbocycles. The zero-order valence-corrected chi connectivity index (χ0v) is 23.6. The molecule has 4 aromatic rings. The molecule has 0 radical (unpaired) electrons. The molecule has 0 bridgehead atoms. The number of hydrogen-bond acceptors (Lipinski definition) is 6. The maximum Gasteiger partial charge on any atom is 0.254 e. The van der Waals surface area contributed by atoms with E-state index in [1.54, 1.807) is 42.5 Å². The van der Waals surface area contributed by atoms with Gasteiger partial charge in [0, 0.05) is 42.6 Å². The number of rotatable bonds is 7. The Balaban J connectivity index is 1.41.